The van der Waals surface area contributed by atoms with Crippen LogP contribution < -0.4 is 0 Å². The van der Waals surface area contributed by atoms with Crippen molar-refractivity contribution in [3.05, 3.63) is 11.6 Å². The molecule has 0 radical (unpaired) electrons. The molecule has 0 saturated heterocycles. The van der Waals surface area contributed by atoms with Crippen LogP contribution in [0.25, 0.3) is 0 Å². The second kappa shape index (κ2) is 5.03. The van der Waals surface area contributed by atoms with Crippen LogP contribution in [0.5, 0.6) is 0 Å². The van der Waals surface area contributed by atoms with Gasteiger partial charge in [0.15, 0.2) is 0 Å². The number of hydrogen-bond acceptors (Lipinski definition) is 2. The summed E-state index contributed by atoms with van der Waals surface area (Å²) >= 11 is 0. The summed E-state index contributed by atoms with van der Waals surface area (Å²) in [4.78, 5) is 10.7. The number of carbonyl (C=O) groups is 1. The van der Waals surface area contributed by atoms with Gasteiger partial charge in [0.1, 0.15) is 0 Å². The lowest BCUT2D eigenvalue weighted by atomic mass is 10.1. The fourth-order valence-electron chi connectivity index (χ4n) is 0.689. The summed E-state index contributed by atoms with van der Waals surface area (Å²) in [6.07, 6.45) is 3.31. The monoisotopic (exact) mass is 142 g/mol. The lowest BCUT2D eigenvalue weighted by molar-refractivity contribution is -0.139. The van der Waals surface area contributed by atoms with Crippen molar-refractivity contribution in [2.24, 2.45) is 0 Å². The zero-order valence-corrected chi connectivity index (χ0v) is 6.81. The van der Waals surface area contributed by atoms with Crippen molar-refractivity contribution >= 4 is 5.97 Å². The van der Waals surface area contributed by atoms with Crippen molar-refractivity contribution in [3.8, 4) is 0 Å². The maximum atomic E-state index is 10.7. The SMILES string of the molecule is CC=C(CC)CC(=O)OC. The van der Waals surface area contributed by atoms with E-state index in [9.17, 15) is 4.79 Å². The predicted molar refractivity (Wildman–Crippen MR) is 40.7 cm³/mol. The van der Waals surface area contributed by atoms with Gasteiger partial charge in [-0.3, -0.25) is 4.79 Å². The predicted octanol–water partition coefficient (Wildman–Crippen LogP) is 1.91. The number of hydrogen-bond donors (Lipinski definition) is 0. The van der Waals surface area contributed by atoms with Gasteiger partial charge in [-0.2, -0.15) is 0 Å². The average Bonchev–Trinajstić information content (AvgIpc) is 1.99. The molecule has 0 aliphatic carbocycles. The van der Waals surface area contributed by atoms with Crippen molar-refractivity contribution < 1.29 is 9.53 Å². The molecule has 0 N–H and O–H groups in total. The number of allylic oxidation sites excluding steroid dienone is 1. The fourth-order valence-corrected chi connectivity index (χ4v) is 0.689. The molecule has 2 heteroatoms. The highest BCUT2D eigenvalue weighted by Gasteiger charge is 2.01. The maximum Gasteiger partial charge on any atom is 0.309 e. The van der Waals surface area contributed by atoms with Crippen molar-refractivity contribution in [2.45, 2.75) is 26.7 Å². The second-order valence-corrected chi connectivity index (χ2v) is 2.05. The van der Waals surface area contributed by atoms with E-state index in [4.69, 9.17) is 0 Å². The highest BCUT2D eigenvalue weighted by molar-refractivity contribution is 5.72. The van der Waals surface area contributed by atoms with E-state index in [0.29, 0.717) is 6.42 Å². The molecular formula is C8H14O2. The normalized spacial score (nSPS) is 11.3. The summed E-state index contributed by atoms with van der Waals surface area (Å²) in [5.41, 5.74) is 1.13. The van der Waals surface area contributed by atoms with Gasteiger partial charge < -0.3 is 4.74 Å². The van der Waals surface area contributed by atoms with Crippen molar-refractivity contribution in [1.29, 1.82) is 0 Å². The Kier molecular flexibility index (Phi) is 4.63. The van der Waals surface area contributed by atoms with Crippen LogP contribution in [0.3, 0.4) is 0 Å². The third kappa shape index (κ3) is 3.28. The number of rotatable bonds is 3. The molecule has 58 valence electrons. The lowest BCUT2D eigenvalue weighted by Gasteiger charge is -2.00. The molecule has 0 aromatic rings. The minimum absolute atomic E-state index is 0.157. The molecule has 2 nitrogen and oxygen atoms in total. The molecule has 0 saturated carbocycles. The van der Waals surface area contributed by atoms with E-state index in [2.05, 4.69) is 4.74 Å². The summed E-state index contributed by atoms with van der Waals surface area (Å²) in [6.45, 7) is 3.96. The first-order valence-corrected chi connectivity index (χ1v) is 3.45. The van der Waals surface area contributed by atoms with Crippen LogP contribution in [0.15, 0.2) is 11.6 Å². The summed E-state index contributed by atoms with van der Waals surface area (Å²) in [5, 5.41) is 0. The average molecular weight is 142 g/mol. The minimum atomic E-state index is -0.157. The molecule has 0 heterocycles. The highest BCUT2D eigenvalue weighted by atomic mass is 16.5. The molecule has 0 unspecified atom stereocenters. The van der Waals surface area contributed by atoms with Gasteiger partial charge in [0.2, 0.25) is 0 Å². The fraction of sp³-hybridized carbons (Fsp3) is 0.625. The van der Waals surface area contributed by atoms with Gasteiger partial charge in [0, 0.05) is 0 Å². The van der Waals surface area contributed by atoms with Gasteiger partial charge in [-0.1, -0.05) is 18.6 Å². The van der Waals surface area contributed by atoms with E-state index < -0.39 is 0 Å². The Morgan fingerprint density at radius 1 is 1.60 bits per heavy atom. The number of carbonyl (C=O) groups excluding carboxylic acids is 1. The van der Waals surface area contributed by atoms with Gasteiger partial charge in [-0.05, 0) is 13.3 Å². The lowest BCUT2D eigenvalue weighted by Crippen LogP contribution is -2.00. The molecule has 0 aliphatic rings. The zero-order chi connectivity index (χ0) is 7.98. The highest BCUT2D eigenvalue weighted by Crippen LogP contribution is 2.05. The largest absolute Gasteiger partial charge is 0.469 e. The zero-order valence-electron chi connectivity index (χ0n) is 6.81. The smallest absolute Gasteiger partial charge is 0.309 e. The van der Waals surface area contributed by atoms with E-state index in [1.54, 1.807) is 0 Å². The number of methoxy groups -OCH3 is 1. The Morgan fingerprint density at radius 3 is 2.50 bits per heavy atom. The second-order valence-electron chi connectivity index (χ2n) is 2.05. The quantitative estimate of drug-likeness (QED) is 0.444. The van der Waals surface area contributed by atoms with Gasteiger partial charge in [0.05, 0.1) is 13.5 Å². The minimum Gasteiger partial charge on any atom is -0.469 e. The summed E-state index contributed by atoms with van der Waals surface area (Å²) < 4.78 is 4.50. The first-order valence-electron chi connectivity index (χ1n) is 3.45. The molecule has 0 bridgehead atoms. The first kappa shape index (κ1) is 9.21. The van der Waals surface area contributed by atoms with Crippen molar-refractivity contribution in [2.75, 3.05) is 7.11 Å². The molecule has 0 amide bonds. The van der Waals surface area contributed by atoms with Crippen LogP contribution in [-0.4, -0.2) is 13.1 Å². The number of esters is 1. The van der Waals surface area contributed by atoms with Crippen LogP contribution >= 0.6 is 0 Å². The molecule has 10 heavy (non-hydrogen) atoms. The first-order chi connectivity index (χ1) is 4.74. The van der Waals surface area contributed by atoms with Crippen molar-refractivity contribution in [3.63, 3.8) is 0 Å². The van der Waals surface area contributed by atoms with Crippen LogP contribution in [-0.2, 0) is 9.53 Å². The molecule has 0 aromatic carbocycles. The van der Waals surface area contributed by atoms with Crippen LogP contribution in [0.1, 0.15) is 26.7 Å². The summed E-state index contributed by atoms with van der Waals surface area (Å²) in [7, 11) is 1.41. The van der Waals surface area contributed by atoms with Gasteiger partial charge in [-0.15, -0.1) is 0 Å². The Morgan fingerprint density at radius 2 is 2.20 bits per heavy atom. The Balaban J connectivity index is 3.76. The molecule has 0 rings (SSSR count). The summed E-state index contributed by atoms with van der Waals surface area (Å²) in [5.74, 6) is -0.157. The molecule has 0 atom stereocenters. The third-order valence-corrected chi connectivity index (χ3v) is 1.46. The maximum absolute atomic E-state index is 10.7. The van der Waals surface area contributed by atoms with Gasteiger partial charge in [-0.25, -0.2) is 0 Å². The standard InChI is InChI=1S/C8H14O2/c1-4-7(5-2)6-8(9)10-3/h4H,5-6H2,1-3H3. The Bertz CT molecular complexity index is 136. The molecule has 0 spiro atoms. The third-order valence-electron chi connectivity index (χ3n) is 1.46. The number of ether oxygens (including phenoxy) is 1. The van der Waals surface area contributed by atoms with E-state index in [-0.39, 0.29) is 5.97 Å². The molecule has 0 aromatic heterocycles. The molecule has 0 aliphatic heterocycles. The topological polar surface area (TPSA) is 26.3 Å². The van der Waals surface area contributed by atoms with Gasteiger partial charge >= 0.3 is 5.97 Å². The van der Waals surface area contributed by atoms with Crippen LogP contribution in [0.4, 0.5) is 0 Å². The van der Waals surface area contributed by atoms with E-state index >= 15 is 0 Å². The van der Waals surface area contributed by atoms with Crippen molar-refractivity contribution in [1.82, 2.24) is 0 Å². The van der Waals surface area contributed by atoms with Gasteiger partial charge in [0.25, 0.3) is 0 Å². The van der Waals surface area contributed by atoms with Crippen LogP contribution in [0.2, 0.25) is 0 Å². The van der Waals surface area contributed by atoms with Crippen LogP contribution in [0, 0.1) is 0 Å². The van der Waals surface area contributed by atoms with E-state index in [1.807, 2.05) is 19.9 Å². The molecule has 0 fully saturated rings. The Hall–Kier alpha value is -0.790. The molecular weight excluding hydrogens is 128 g/mol. The van der Waals surface area contributed by atoms with E-state index in [1.165, 1.54) is 7.11 Å². The summed E-state index contributed by atoms with van der Waals surface area (Å²) in [6, 6.07) is 0. The Labute approximate surface area is 61.9 Å². The van der Waals surface area contributed by atoms with E-state index in [0.717, 1.165) is 12.0 Å².